The second-order valence-electron chi connectivity index (χ2n) is 27.1. The maximum absolute atomic E-state index is 15.7. The van der Waals surface area contributed by atoms with E-state index in [1.54, 1.807) is 0 Å². The summed E-state index contributed by atoms with van der Waals surface area (Å²) >= 11 is 0. The number of rotatable bonds is 20. The summed E-state index contributed by atoms with van der Waals surface area (Å²) in [5.41, 5.74) is -2.89. The third kappa shape index (κ3) is 11.6. The Kier molecular flexibility index (Phi) is 19.5. The highest BCUT2D eigenvalue weighted by atomic mass is 16.8. The fourth-order valence-corrected chi connectivity index (χ4v) is 16.7. The van der Waals surface area contributed by atoms with Crippen LogP contribution >= 0.6 is 0 Å². The van der Waals surface area contributed by atoms with Gasteiger partial charge in [-0.3, -0.25) is 14.4 Å². The van der Waals surface area contributed by atoms with Crippen molar-refractivity contribution in [3.63, 3.8) is 0 Å². The van der Waals surface area contributed by atoms with Gasteiger partial charge in [0.2, 0.25) is 12.2 Å². The number of aldehydes is 1. The number of carboxylic acids is 1. The molecule has 0 aromatic carbocycles. The van der Waals surface area contributed by atoms with Gasteiger partial charge >= 0.3 is 11.9 Å². The molecule has 0 aromatic rings. The summed E-state index contributed by atoms with van der Waals surface area (Å²) in [5.74, 6) is -2.57. The smallest absolute Gasteiger partial charge is 0.317 e. The van der Waals surface area contributed by atoms with Crippen LogP contribution in [0.5, 0.6) is 0 Å². The molecule has 21 heteroatoms. The Morgan fingerprint density at radius 2 is 1.34 bits per heavy atom. The van der Waals surface area contributed by atoms with E-state index in [9.17, 15) is 60.3 Å². The first-order chi connectivity index (χ1) is 37.6. The van der Waals surface area contributed by atoms with Crippen molar-refractivity contribution in [1.82, 2.24) is 5.32 Å². The van der Waals surface area contributed by atoms with Gasteiger partial charge < -0.3 is 89.6 Å². The number of ether oxygens (including phenoxy) is 6. The quantitative estimate of drug-likeness (QED) is 0.0361. The SMILES string of the molecule is CC1O[C@@H](OC2C(O)[C@@H](NC(=O)CCCCCCCCCCC(=O)O)C(CO)O[C@H]2OC(=O)[C@]23CCC(C)(C)CC2C2=CCC4C5(C)CC[C@H](O)C(C)(C=O)[C@@H]5CC[C@]4(C)[C@]2(C)C[C@H]3O)C(O)C(O)[C@H]1O[C@@H]1OC[C@@H](O)C(O)C1O. The van der Waals surface area contributed by atoms with Gasteiger partial charge in [-0.05, 0) is 117 Å². The minimum absolute atomic E-state index is 0.0471. The number of allylic oxidation sites excluding steroid dienone is 2. The molecule has 0 aromatic heterocycles. The normalized spacial score (nSPS) is 47.0. The monoisotopic (exact) mass is 1140 g/mol. The highest BCUT2D eigenvalue weighted by Crippen LogP contribution is 2.76. The van der Waals surface area contributed by atoms with Gasteiger partial charge in [-0.15, -0.1) is 0 Å². The number of aliphatic hydroxyl groups is 9. The van der Waals surface area contributed by atoms with Crippen molar-refractivity contribution < 1.29 is 98.7 Å². The van der Waals surface area contributed by atoms with E-state index >= 15 is 4.79 Å². The summed E-state index contributed by atoms with van der Waals surface area (Å²) < 4.78 is 36.4. The summed E-state index contributed by atoms with van der Waals surface area (Å²) in [7, 11) is 0. The van der Waals surface area contributed by atoms with Crippen LogP contribution in [0.4, 0.5) is 0 Å². The third-order valence-electron chi connectivity index (χ3n) is 21.8. The van der Waals surface area contributed by atoms with Crippen LogP contribution in [-0.2, 0) is 47.6 Å². The van der Waals surface area contributed by atoms with Gasteiger partial charge in [-0.25, -0.2) is 0 Å². The highest BCUT2D eigenvalue weighted by Gasteiger charge is 2.72. The number of nitrogens with one attached hydrogen (secondary N) is 1. The van der Waals surface area contributed by atoms with Crippen molar-refractivity contribution in [2.75, 3.05) is 13.2 Å². The lowest BCUT2D eigenvalue weighted by atomic mass is 9.33. The molecule has 3 heterocycles. The summed E-state index contributed by atoms with van der Waals surface area (Å²) in [6.07, 6.45) is -8.54. The summed E-state index contributed by atoms with van der Waals surface area (Å²) in [6, 6.07) is -1.36. The van der Waals surface area contributed by atoms with E-state index in [-0.39, 0.29) is 53.8 Å². The molecule has 12 unspecified atom stereocenters. The Hall–Kier alpha value is -2.74. The van der Waals surface area contributed by atoms with Gasteiger partial charge in [-0.2, -0.15) is 0 Å². The van der Waals surface area contributed by atoms with Gasteiger partial charge in [0.15, 0.2) is 18.7 Å². The van der Waals surface area contributed by atoms with Crippen molar-refractivity contribution in [1.29, 1.82) is 0 Å². The maximum Gasteiger partial charge on any atom is 0.317 e. The van der Waals surface area contributed by atoms with Crippen molar-refractivity contribution in [3.05, 3.63) is 11.6 Å². The molecule has 0 radical (unpaired) electrons. The first-order valence-electron chi connectivity index (χ1n) is 29.8. The van der Waals surface area contributed by atoms with E-state index in [4.69, 9.17) is 33.5 Å². The van der Waals surface area contributed by atoms with E-state index < -0.39 is 151 Å². The average molecular weight is 1140 g/mol. The van der Waals surface area contributed by atoms with Crippen LogP contribution in [0.3, 0.4) is 0 Å². The molecule has 8 aliphatic rings. The fourth-order valence-electron chi connectivity index (χ4n) is 16.7. The van der Waals surface area contributed by atoms with Crippen LogP contribution in [-0.4, -0.2) is 187 Å². The number of hydrogen-bond acceptors (Lipinski definition) is 19. The Morgan fingerprint density at radius 3 is 1.99 bits per heavy atom. The predicted octanol–water partition coefficient (Wildman–Crippen LogP) is 3.07. The molecule has 4 saturated carbocycles. The number of carbonyl (C=O) groups excluding carboxylic acids is 3. The largest absolute Gasteiger partial charge is 0.481 e. The number of aliphatic carboxylic acids is 1. The molecule has 7 fully saturated rings. The molecule has 80 heavy (non-hydrogen) atoms. The Labute approximate surface area is 470 Å². The van der Waals surface area contributed by atoms with Gasteiger partial charge in [0.05, 0.1) is 43.0 Å². The molecule has 3 aliphatic heterocycles. The minimum atomic E-state index is -1.95. The van der Waals surface area contributed by atoms with Crippen LogP contribution in [0.25, 0.3) is 0 Å². The Balaban J connectivity index is 1.04. The van der Waals surface area contributed by atoms with E-state index in [0.717, 1.165) is 63.2 Å². The van der Waals surface area contributed by atoms with Gasteiger partial charge in [0.25, 0.3) is 0 Å². The topological polar surface area (TPSA) is 338 Å². The standard InChI is InChI=1S/C59H95NO20/c1-31-48(78-50-46(72)43(69)34(63)29-75-50)45(71)47(73)51(76-31)79-49-44(70)42(60-40(66)16-14-12-10-8-9-11-13-15-17-41(67)68)35(28-61)77-52(49)80-53(74)59-25-24-54(2,3)26-33(59)32-18-19-37-55(4)22-21-38(64)56(5,30-62)36(55)20-23-57(37,6)58(32,7)27-39(59)65/h18,30-31,33-39,42-52,61,63-65,69-73H,8-17,19-29H2,1-7H3,(H,60,66)(H,67,68)/t31?,33?,34-,35?,36-,37?,38+,39-,42+,43?,44?,45?,46?,47?,48+,49?,50+,51+,52+,55?,56?,57+,58-,59-/m1/s1. The Morgan fingerprint density at radius 1 is 0.700 bits per heavy atom. The molecular weight excluding hydrogens is 1040 g/mol. The van der Waals surface area contributed by atoms with E-state index in [0.29, 0.717) is 44.9 Å². The van der Waals surface area contributed by atoms with Crippen molar-refractivity contribution >= 4 is 24.1 Å². The molecule has 5 aliphatic carbocycles. The fraction of sp³-hybridized carbons (Fsp3) is 0.898. The number of esters is 1. The molecule has 0 spiro atoms. The van der Waals surface area contributed by atoms with Crippen molar-refractivity contribution in [2.24, 2.45) is 50.2 Å². The lowest BCUT2D eigenvalue weighted by Gasteiger charge is -2.71. The molecule has 0 bridgehead atoms. The van der Waals surface area contributed by atoms with Gasteiger partial charge in [0.1, 0.15) is 60.5 Å². The third-order valence-corrected chi connectivity index (χ3v) is 21.8. The minimum Gasteiger partial charge on any atom is -0.481 e. The lowest BCUT2D eigenvalue weighted by molar-refractivity contribution is -0.370. The zero-order valence-corrected chi connectivity index (χ0v) is 48.0. The average Bonchev–Trinajstić information content (AvgIpc) is 3.42. The van der Waals surface area contributed by atoms with E-state index in [1.165, 1.54) is 6.92 Å². The second kappa shape index (κ2) is 24.7. The molecule has 3 saturated heterocycles. The lowest BCUT2D eigenvalue weighted by Crippen LogP contribution is -2.69. The number of carboxylic acid groups (broad SMARTS) is 1. The van der Waals surface area contributed by atoms with E-state index in [1.807, 2.05) is 6.92 Å². The molecule has 24 atom stereocenters. The zero-order chi connectivity index (χ0) is 58.5. The molecule has 8 rings (SSSR count). The second-order valence-corrected chi connectivity index (χ2v) is 27.1. The van der Waals surface area contributed by atoms with Crippen LogP contribution in [0.1, 0.15) is 170 Å². The van der Waals surface area contributed by atoms with Crippen LogP contribution in [0, 0.1) is 50.2 Å². The van der Waals surface area contributed by atoms with Crippen LogP contribution < -0.4 is 5.32 Å². The molecule has 456 valence electrons. The van der Waals surface area contributed by atoms with Crippen molar-refractivity contribution in [3.8, 4) is 0 Å². The van der Waals surface area contributed by atoms with Gasteiger partial charge in [0, 0.05) is 12.8 Å². The number of fused-ring (bicyclic) bond motifs is 7. The first-order valence-corrected chi connectivity index (χ1v) is 29.8. The number of amides is 1. The molecular formula is C59H95NO20. The summed E-state index contributed by atoms with van der Waals surface area (Å²) in [5, 5.41) is 113. The maximum atomic E-state index is 15.7. The summed E-state index contributed by atoms with van der Waals surface area (Å²) in [6.45, 7) is 13.3. The van der Waals surface area contributed by atoms with Crippen molar-refractivity contribution in [2.45, 2.75) is 269 Å². The van der Waals surface area contributed by atoms with Crippen LogP contribution in [0.2, 0.25) is 0 Å². The molecule has 21 nitrogen and oxygen atoms in total. The molecule has 11 N–H and O–H groups in total. The zero-order valence-electron chi connectivity index (χ0n) is 48.0. The number of aliphatic hydroxyl groups excluding tert-OH is 9. The number of hydrogen-bond donors (Lipinski definition) is 11. The Bertz CT molecular complexity index is 2220. The number of unbranched alkanes of at least 4 members (excludes halogenated alkanes) is 7. The van der Waals surface area contributed by atoms with Gasteiger partial charge in [-0.1, -0.05) is 91.7 Å². The first kappa shape index (κ1) is 63.3. The van der Waals surface area contributed by atoms with E-state index in [2.05, 4.69) is 46.0 Å². The highest BCUT2D eigenvalue weighted by molar-refractivity contribution is 5.80. The number of carbonyl (C=O) groups is 4. The molecule has 1 amide bonds. The predicted molar refractivity (Wildman–Crippen MR) is 284 cm³/mol. The van der Waals surface area contributed by atoms with Crippen LogP contribution in [0.15, 0.2) is 11.6 Å². The summed E-state index contributed by atoms with van der Waals surface area (Å²) in [4.78, 5) is 52.9.